The SMILES string of the molecule is COc1ccc2c(c1)CCCC2CN=C(N)NCCCN1CCOCC1.I. The summed E-state index contributed by atoms with van der Waals surface area (Å²) in [6.45, 7) is 6.48. The average molecular weight is 488 g/mol. The first-order chi connectivity index (χ1) is 12.8. The molecule has 0 amide bonds. The lowest BCUT2D eigenvalue weighted by Gasteiger charge is -2.26. The van der Waals surface area contributed by atoms with Gasteiger partial charge in [-0.05, 0) is 55.5 Å². The monoisotopic (exact) mass is 488 g/mol. The summed E-state index contributed by atoms with van der Waals surface area (Å²) < 4.78 is 10.7. The molecule has 1 saturated heterocycles. The second-order valence-electron chi connectivity index (χ2n) is 7.11. The van der Waals surface area contributed by atoms with E-state index in [1.165, 1.54) is 24.0 Å². The number of nitrogens with zero attached hydrogens (tertiary/aromatic N) is 2. The van der Waals surface area contributed by atoms with Crippen molar-refractivity contribution in [2.24, 2.45) is 10.7 Å². The molecule has 2 aliphatic rings. The lowest BCUT2D eigenvalue weighted by atomic mass is 9.83. The number of guanidine groups is 1. The summed E-state index contributed by atoms with van der Waals surface area (Å²) in [7, 11) is 1.72. The van der Waals surface area contributed by atoms with E-state index in [2.05, 4.69) is 27.3 Å². The zero-order valence-electron chi connectivity index (χ0n) is 16.3. The molecular formula is C20H33IN4O2. The molecule has 1 fully saturated rings. The van der Waals surface area contributed by atoms with Gasteiger partial charge in [0.25, 0.3) is 0 Å². The molecule has 1 aromatic carbocycles. The standard InChI is InChI=1S/C20H32N4O2.HI/c1-25-18-6-7-19-16(14-18)4-2-5-17(19)15-23-20(21)22-8-3-9-24-10-12-26-13-11-24;/h6-7,14,17H,2-5,8-13,15H2,1H3,(H3,21,22,23);1H. The van der Waals surface area contributed by atoms with Gasteiger partial charge in [0.15, 0.2) is 5.96 Å². The summed E-state index contributed by atoms with van der Waals surface area (Å²) in [6.07, 6.45) is 4.57. The third kappa shape index (κ3) is 6.80. The van der Waals surface area contributed by atoms with Gasteiger partial charge in [0, 0.05) is 32.1 Å². The van der Waals surface area contributed by atoms with Gasteiger partial charge >= 0.3 is 0 Å². The smallest absolute Gasteiger partial charge is 0.188 e. The van der Waals surface area contributed by atoms with Crippen LogP contribution < -0.4 is 15.8 Å². The van der Waals surface area contributed by atoms with Crippen LogP contribution in [0.1, 0.15) is 36.3 Å². The zero-order valence-corrected chi connectivity index (χ0v) is 18.6. The highest BCUT2D eigenvalue weighted by atomic mass is 127. The van der Waals surface area contributed by atoms with Gasteiger partial charge < -0.3 is 20.5 Å². The first-order valence-electron chi connectivity index (χ1n) is 9.77. The number of hydrogen-bond donors (Lipinski definition) is 2. The summed E-state index contributed by atoms with van der Waals surface area (Å²) in [5, 5.41) is 3.25. The number of fused-ring (bicyclic) bond motifs is 1. The van der Waals surface area contributed by atoms with Crippen LogP contribution in [0.4, 0.5) is 0 Å². The van der Waals surface area contributed by atoms with Gasteiger partial charge in [-0.2, -0.15) is 0 Å². The van der Waals surface area contributed by atoms with E-state index >= 15 is 0 Å². The number of rotatable bonds is 7. The van der Waals surface area contributed by atoms with Crippen molar-refractivity contribution in [2.45, 2.75) is 31.6 Å². The summed E-state index contributed by atoms with van der Waals surface area (Å²) in [5.74, 6) is 1.96. The molecule has 1 aromatic rings. The quantitative estimate of drug-likeness (QED) is 0.267. The van der Waals surface area contributed by atoms with E-state index in [0.717, 1.165) is 64.5 Å². The summed E-state index contributed by atoms with van der Waals surface area (Å²) in [5.41, 5.74) is 8.86. The highest BCUT2D eigenvalue weighted by molar-refractivity contribution is 14.0. The second kappa shape index (κ2) is 11.7. The molecule has 3 N–H and O–H groups in total. The zero-order chi connectivity index (χ0) is 18.2. The molecule has 1 heterocycles. The molecule has 1 aliphatic heterocycles. The van der Waals surface area contributed by atoms with Gasteiger partial charge in [-0.1, -0.05) is 6.07 Å². The van der Waals surface area contributed by atoms with Crippen LogP contribution in [0.2, 0.25) is 0 Å². The Morgan fingerprint density at radius 3 is 2.96 bits per heavy atom. The fourth-order valence-corrected chi connectivity index (χ4v) is 3.82. The van der Waals surface area contributed by atoms with E-state index in [1.807, 2.05) is 6.07 Å². The molecule has 0 spiro atoms. The fraction of sp³-hybridized carbons (Fsp3) is 0.650. The van der Waals surface area contributed by atoms with E-state index in [1.54, 1.807) is 7.11 Å². The van der Waals surface area contributed by atoms with E-state index in [4.69, 9.17) is 15.2 Å². The number of halogens is 1. The van der Waals surface area contributed by atoms with Crippen molar-refractivity contribution < 1.29 is 9.47 Å². The number of hydrogen-bond acceptors (Lipinski definition) is 4. The maximum Gasteiger partial charge on any atom is 0.188 e. The minimum Gasteiger partial charge on any atom is -0.497 e. The fourth-order valence-electron chi connectivity index (χ4n) is 3.82. The van der Waals surface area contributed by atoms with E-state index in [9.17, 15) is 0 Å². The average Bonchev–Trinajstić information content (AvgIpc) is 2.70. The molecule has 1 aliphatic carbocycles. The lowest BCUT2D eigenvalue weighted by Crippen LogP contribution is -2.39. The Morgan fingerprint density at radius 2 is 2.19 bits per heavy atom. The minimum absolute atomic E-state index is 0. The molecular weight excluding hydrogens is 455 g/mol. The summed E-state index contributed by atoms with van der Waals surface area (Å²) >= 11 is 0. The molecule has 1 unspecified atom stereocenters. The van der Waals surface area contributed by atoms with Gasteiger partial charge in [0.05, 0.1) is 20.3 Å². The molecule has 1 atom stereocenters. The number of benzene rings is 1. The van der Waals surface area contributed by atoms with Gasteiger partial charge in [-0.3, -0.25) is 9.89 Å². The summed E-state index contributed by atoms with van der Waals surface area (Å²) in [6, 6.07) is 6.41. The number of morpholine rings is 1. The van der Waals surface area contributed by atoms with Crippen molar-refractivity contribution in [3.63, 3.8) is 0 Å². The van der Waals surface area contributed by atoms with Crippen molar-refractivity contribution >= 4 is 29.9 Å². The Labute approximate surface area is 179 Å². The Hall–Kier alpha value is -1.06. The molecule has 0 radical (unpaired) electrons. The third-order valence-corrected chi connectivity index (χ3v) is 5.33. The second-order valence-corrected chi connectivity index (χ2v) is 7.11. The maximum absolute atomic E-state index is 6.06. The van der Waals surface area contributed by atoms with Crippen molar-refractivity contribution in [1.82, 2.24) is 10.2 Å². The number of aliphatic imine (C=N–C) groups is 1. The van der Waals surface area contributed by atoms with Crippen molar-refractivity contribution in [3.05, 3.63) is 29.3 Å². The Balaban J connectivity index is 0.00000261. The van der Waals surface area contributed by atoms with Gasteiger partial charge in [-0.15, -0.1) is 24.0 Å². The van der Waals surface area contributed by atoms with Gasteiger partial charge in [-0.25, -0.2) is 0 Å². The molecule has 27 heavy (non-hydrogen) atoms. The van der Waals surface area contributed by atoms with E-state index < -0.39 is 0 Å². The molecule has 152 valence electrons. The number of methoxy groups -OCH3 is 1. The number of aryl methyl sites for hydroxylation is 1. The van der Waals surface area contributed by atoms with E-state index in [0.29, 0.717) is 11.9 Å². The van der Waals surface area contributed by atoms with Crippen molar-refractivity contribution in [1.29, 1.82) is 0 Å². The van der Waals surface area contributed by atoms with Gasteiger partial charge in [0.1, 0.15) is 5.75 Å². The van der Waals surface area contributed by atoms with Crippen LogP contribution in [0, 0.1) is 0 Å². The first-order valence-corrected chi connectivity index (χ1v) is 9.77. The number of nitrogens with two attached hydrogens (primary N) is 1. The molecule has 0 aromatic heterocycles. The molecule has 3 rings (SSSR count). The Kier molecular flexibility index (Phi) is 9.64. The largest absolute Gasteiger partial charge is 0.497 e. The number of ether oxygens (including phenoxy) is 2. The van der Waals surface area contributed by atoms with Crippen LogP contribution in [0.3, 0.4) is 0 Å². The van der Waals surface area contributed by atoms with Crippen LogP contribution in [-0.2, 0) is 11.2 Å². The van der Waals surface area contributed by atoms with Crippen LogP contribution in [-0.4, -0.2) is 63.9 Å². The number of nitrogens with one attached hydrogen (secondary N) is 1. The van der Waals surface area contributed by atoms with Crippen molar-refractivity contribution in [3.8, 4) is 5.75 Å². The lowest BCUT2D eigenvalue weighted by molar-refractivity contribution is 0.0376. The third-order valence-electron chi connectivity index (χ3n) is 5.33. The van der Waals surface area contributed by atoms with Crippen LogP contribution >= 0.6 is 24.0 Å². The molecule has 6 nitrogen and oxygen atoms in total. The predicted molar refractivity (Wildman–Crippen MR) is 120 cm³/mol. The highest BCUT2D eigenvalue weighted by Gasteiger charge is 2.20. The predicted octanol–water partition coefficient (Wildman–Crippen LogP) is 2.36. The van der Waals surface area contributed by atoms with Gasteiger partial charge in [0.2, 0.25) is 0 Å². The maximum atomic E-state index is 6.06. The first kappa shape index (κ1) is 22.2. The molecule has 0 saturated carbocycles. The van der Waals surface area contributed by atoms with Crippen LogP contribution in [0.25, 0.3) is 0 Å². The van der Waals surface area contributed by atoms with E-state index in [-0.39, 0.29) is 24.0 Å². The highest BCUT2D eigenvalue weighted by Crippen LogP contribution is 2.33. The normalized spacial score (nSPS) is 20.5. The Bertz CT molecular complexity index is 606. The van der Waals surface area contributed by atoms with Crippen LogP contribution in [0.5, 0.6) is 5.75 Å². The topological polar surface area (TPSA) is 72.1 Å². The molecule has 0 bridgehead atoms. The Morgan fingerprint density at radius 1 is 1.37 bits per heavy atom. The summed E-state index contributed by atoms with van der Waals surface area (Å²) in [4.78, 5) is 7.03. The minimum atomic E-state index is 0. The van der Waals surface area contributed by atoms with Crippen LogP contribution in [0.15, 0.2) is 23.2 Å². The molecule has 7 heteroatoms. The van der Waals surface area contributed by atoms with Crippen molar-refractivity contribution in [2.75, 3.05) is 53.0 Å².